The van der Waals surface area contributed by atoms with Crippen molar-refractivity contribution in [2.45, 2.75) is 25.4 Å². The summed E-state index contributed by atoms with van der Waals surface area (Å²) in [5, 5.41) is 5.82. The highest BCUT2D eigenvalue weighted by Gasteiger charge is 2.26. The summed E-state index contributed by atoms with van der Waals surface area (Å²) < 4.78 is 18.4. The molecule has 25 heavy (non-hydrogen) atoms. The largest absolute Gasteiger partial charge is 0.449 e. The van der Waals surface area contributed by atoms with Crippen LogP contribution in [0.2, 0.25) is 0 Å². The highest BCUT2D eigenvalue weighted by molar-refractivity contribution is 5.98. The number of ether oxygens (including phenoxy) is 1. The quantitative estimate of drug-likeness (QED) is 0.836. The Hall–Kier alpha value is -2.89. The topological polar surface area (TPSA) is 67.4 Å². The molecule has 2 N–H and O–H groups in total. The molecule has 0 aromatic heterocycles. The predicted octanol–water partition coefficient (Wildman–Crippen LogP) is 3.39. The molecule has 1 aliphatic heterocycles. The number of para-hydroxylation sites is 1. The zero-order valence-corrected chi connectivity index (χ0v) is 13.6. The molecule has 1 aliphatic rings. The van der Waals surface area contributed by atoms with Gasteiger partial charge in [0.15, 0.2) is 6.10 Å². The average Bonchev–Trinajstić information content (AvgIpc) is 2.82. The molecule has 0 radical (unpaired) electrons. The van der Waals surface area contributed by atoms with E-state index in [1.807, 2.05) is 0 Å². The summed E-state index contributed by atoms with van der Waals surface area (Å²) in [6.45, 7) is 0.607. The Morgan fingerprint density at radius 1 is 1.12 bits per heavy atom. The fourth-order valence-corrected chi connectivity index (χ4v) is 2.68. The third-order valence-electron chi connectivity index (χ3n) is 4.00. The first-order valence-electron chi connectivity index (χ1n) is 8.24. The first kappa shape index (κ1) is 17.0. The minimum Gasteiger partial charge on any atom is -0.449 e. The van der Waals surface area contributed by atoms with Crippen molar-refractivity contribution in [1.82, 2.24) is 5.32 Å². The van der Waals surface area contributed by atoms with E-state index in [2.05, 4.69) is 10.6 Å². The van der Waals surface area contributed by atoms with Gasteiger partial charge in [0.2, 0.25) is 0 Å². The van der Waals surface area contributed by atoms with Crippen molar-refractivity contribution in [2.24, 2.45) is 0 Å². The lowest BCUT2D eigenvalue weighted by Crippen LogP contribution is -2.36. The van der Waals surface area contributed by atoms with Gasteiger partial charge in [0.25, 0.3) is 5.91 Å². The molecule has 1 saturated heterocycles. The molecule has 130 valence electrons. The summed E-state index contributed by atoms with van der Waals surface area (Å²) in [6.07, 6.45) is 1.45. The molecule has 1 fully saturated rings. The van der Waals surface area contributed by atoms with Crippen LogP contribution < -0.4 is 10.6 Å². The zero-order valence-electron chi connectivity index (χ0n) is 13.6. The Morgan fingerprint density at radius 3 is 2.68 bits per heavy atom. The molecular formula is C19H19FN2O3. The number of nitrogens with one attached hydrogen (secondary N) is 2. The second-order valence-corrected chi connectivity index (χ2v) is 5.86. The summed E-state index contributed by atoms with van der Waals surface area (Å²) in [7, 11) is 0. The summed E-state index contributed by atoms with van der Waals surface area (Å²) >= 11 is 0. The highest BCUT2D eigenvalue weighted by atomic mass is 19.1. The summed E-state index contributed by atoms with van der Waals surface area (Å²) in [4.78, 5) is 24.5. The minimum absolute atomic E-state index is 0.255. The van der Waals surface area contributed by atoms with Gasteiger partial charge in [0.05, 0.1) is 11.3 Å². The van der Waals surface area contributed by atoms with Gasteiger partial charge in [-0.15, -0.1) is 0 Å². The van der Waals surface area contributed by atoms with E-state index in [1.54, 1.807) is 36.4 Å². The Balaban J connectivity index is 1.76. The van der Waals surface area contributed by atoms with Crippen molar-refractivity contribution in [3.63, 3.8) is 0 Å². The smallest absolute Gasteiger partial charge is 0.341 e. The summed E-state index contributed by atoms with van der Waals surface area (Å²) in [5.41, 5.74) is 1.51. The van der Waals surface area contributed by atoms with Gasteiger partial charge in [-0.05, 0) is 55.7 Å². The molecule has 2 aromatic rings. The molecule has 2 aromatic carbocycles. The summed E-state index contributed by atoms with van der Waals surface area (Å²) in [5.74, 6) is -1.15. The lowest BCUT2D eigenvalue weighted by Gasteiger charge is -2.16. The molecule has 1 atom stereocenters. The number of anilines is 2. The van der Waals surface area contributed by atoms with Crippen molar-refractivity contribution in [3.05, 3.63) is 59.9 Å². The van der Waals surface area contributed by atoms with Crippen LogP contribution in [-0.2, 0) is 9.53 Å². The molecule has 5 nitrogen and oxygen atoms in total. The third-order valence-corrected chi connectivity index (χ3v) is 4.00. The van der Waals surface area contributed by atoms with E-state index in [1.165, 1.54) is 12.1 Å². The number of halogens is 1. The molecule has 3 rings (SSSR count). The van der Waals surface area contributed by atoms with Gasteiger partial charge in [0.1, 0.15) is 5.82 Å². The lowest BCUT2D eigenvalue weighted by atomic mass is 10.1. The molecule has 0 saturated carbocycles. The fourth-order valence-electron chi connectivity index (χ4n) is 2.68. The number of benzene rings is 2. The highest BCUT2D eigenvalue weighted by Crippen LogP contribution is 2.23. The number of rotatable bonds is 4. The van der Waals surface area contributed by atoms with Crippen LogP contribution in [0.4, 0.5) is 15.8 Å². The van der Waals surface area contributed by atoms with Crippen LogP contribution in [0.25, 0.3) is 0 Å². The Bertz CT molecular complexity index is 762. The van der Waals surface area contributed by atoms with E-state index in [4.69, 9.17) is 4.74 Å². The van der Waals surface area contributed by atoms with E-state index in [9.17, 15) is 14.0 Å². The monoisotopic (exact) mass is 342 g/mol. The van der Waals surface area contributed by atoms with Crippen LogP contribution in [-0.4, -0.2) is 24.5 Å². The standard InChI is InChI=1S/C19H19FN2O3/c20-13-8-10-14(11-9-13)22-16-6-2-1-5-15(16)19(24)25-17-7-3-4-12-21-18(17)23/h1-2,5-6,8-11,17,22H,3-4,7,12H2,(H,21,23). The van der Waals surface area contributed by atoms with Crippen molar-refractivity contribution in [1.29, 1.82) is 0 Å². The molecule has 1 unspecified atom stereocenters. The lowest BCUT2D eigenvalue weighted by molar-refractivity contribution is -0.129. The average molecular weight is 342 g/mol. The second-order valence-electron chi connectivity index (χ2n) is 5.86. The van der Waals surface area contributed by atoms with Crippen molar-refractivity contribution in [2.75, 3.05) is 11.9 Å². The number of esters is 1. The van der Waals surface area contributed by atoms with Crippen LogP contribution in [0, 0.1) is 5.82 Å². The van der Waals surface area contributed by atoms with Crippen molar-refractivity contribution < 1.29 is 18.7 Å². The van der Waals surface area contributed by atoms with E-state index in [-0.39, 0.29) is 11.7 Å². The zero-order chi connectivity index (χ0) is 17.6. The van der Waals surface area contributed by atoms with Gasteiger partial charge < -0.3 is 15.4 Å². The SMILES string of the molecule is O=C(OC1CCCCNC1=O)c1ccccc1Nc1ccc(F)cc1. The third kappa shape index (κ3) is 4.35. The van der Waals surface area contributed by atoms with E-state index < -0.39 is 12.1 Å². The maximum absolute atomic E-state index is 13.0. The first-order valence-corrected chi connectivity index (χ1v) is 8.24. The Labute approximate surface area is 145 Å². The number of hydrogen-bond acceptors (Lipinski definition) is 4. The molecular weight excluding hydrogens is 323 g/mol. The van der Waals surface area contributed by atoms with Crippen molar-refractivity contribution in [3.8, 4) is 0 Å². The number of carbonyl (C=O) groups is 2. The summed E-state index contributed by atoms with van der Waals surface area (Å²) in [6, 6.07) is 12.7. The normalized spacial score (nSPS) is 17.3. The second kappa shape index (κ2) is 7.79. The minimum atomic E-state index is -0.770. The first-order chi connectivity index (χ1) is 12.1. The van der Waals surface area contributed by atoms with Crippen LogP contribution >= 0.6 is 0 Å². The van der Waals surface area contributed by atoms with Crippen molar-refractivity contribution >= 4 is 23.3 Å². The van der Waals surface area contributed by atoms with Gasteiger partial charge in [-0.25, -0.2) is 9.18 Å². The van der Waals surface area contributed by atoms with E-state index in [0.29, 0.717) is 29.9 Å². The number of carbonyl (C=O) groups excluding carboxylic acids is 2. The van der Waals surface area contributed by atoms with Gasteiger partial charge in [0, 0.05) is 12.2 Å². The van der Waals surface area contributed by atoms with E-state index in [0.717, 1.165) is 12.8 Å². The Morgan fingerprint density at radius 2 is 1.88 bits per heavy atom. The molecule has 6 heteroatoms. The van der Waals surface area contributed by atoms with Crippen LogP contribution in [0.5, 0.6) is 0 Å². The molecule has 0 bridgehead atoms. The predicted molar refractivity (Wildman–Crippen MR) is 92.2 cm³/mol. The van der Waals surface area contributed by atoms with Crippen LogP contribution in [0.1, 0.15) is 29.6 Å². The molecule has 0 aliphatic carbocycles. The van der Waals surface area contributed by atoms with E-state index >= 15 is 0 Å². The number of amides is 1. The maximum atomic E-state index is 13.0. The molecule has 0 spiro atoms. The number of hydrogen-bond donors (Lipinski definition) is 2. The van der Waals surface area contributed by atoms with Crippen LogP contribution in [0.3, 0.4) is 0 Å². The Kier molecular flexibility index (Phi) is 5.28. The fraction of sp³-hybridized carbons (Fsp3) is 0.263. The van der Waals surface area contributed by atoms with Gasteiger partial charge >= 0.3 is 5.97 Å². The van der Waals surface area contributed by atoms with Gasteiger partial charge in [-0.1, -0.05) is 12.1 Å². The molecule has 1 amide bonds. The van der Waals surface area contributed by atoms with Gasteiger partial charge in [-0.2, -0.15) is 0 Å². The molecule has 1 heterocycles. The van der Waals surface area contributed by atoms with Crippen LogP contribution in [0.15, 0.2) is 48.5 Å². The van der Waals surface area contributed by atoms with Gasteiger partial charge in [-0.3, -0.25) is 4.79 Å². The maximum Gasteiger partial charge on any atom is 0.341 e.